The van der Waals surface area contributed by atoms with E-state index in [0.29, 0.717) is 52.0 Å². The predicted molar refractivity (Wildman–Crippen MR) is 125 cm³/mol. The van der Waals surface area contributed by atoms with Crippen molar-refractivity contribution in [3.63, 3.8) is 0 Å². The van der Waals surface area contributed by atoms with Gasteiger partial charge in [0.05, 0.1) is 35.5 Å². The zero-order valence-corrected chi connectivity index (χ0v) is 18.7. The number of aromatic nitrogens is 2. The summed E-state index contributed by atoms with van der Waals surface area (Å²) in [5.74, 6) is 0.669. The van der Waals surface area contributed by atoms with Gasteiger partial charge < -0.3 is 14.5 Å². The number of hydrogen-bond donors (Lipinski definition) is 2. The van der Waals surface area contributed by atoms with Crippen molar-refractivity contribution in [1.29, 1.82) is 0 Å². The van der Waals surface area contributed by atoms with E-state index >= 15 is 0 Å². The molecule has 0 bridgehead atoms. The second-order valence-electron chi connectivity index (χ2n) is 6.93. The average molecular weight is 457 g/mol. The van der Waals surface area contributed by atoms with Crippen LogP contribution in [-0.4, -0.2) is 35.3 Å². The predicted octanol–water partition coefficient (Wildman–Crippen LogP) is 3.85. The van der Waals surface area contributed by atoms with E-state index in [2.05, 4.69) is 20.5 Å². The van der Waals surface area contributed by atoms with Gasteiger partial charge in [-0.25, -0.2) is 10.4 Å². The highest BCUT2D eigenvalue weighted by molar-refractivity contribution is 6.32. The van der Waals surface area contributed by atoms with Crippen molar-refractivity contribution in [3.05, 3.63) is 63.0 Å². The molecule has 0 radical (unpaired) electrons. The van der Waals surface area contributed by atoms with Gasteiger partial charge in [0.25, 0.3) is 5.56 Å². The number of hydrazone groups is 1. The summed E-state index contributed by atoms with van der Waals surface area (Å²) in [6, 6.07) is 10.7. The number of aryl methyl sites for hydroxylation is 1. The third-order valence-corrected chi connectivity index (χ3v) is 4.72. The van der Waals surface area contributed by atoms with Crippen LogP contribution >= 0.6 is 11.6 Å². The summed E-state index contributed by atoms with van der Waals surface area (Å²) in [5.41, 5.74) is 4.44. The maximum atomic E-state index is 12.2. The van der Waals surface area contributed by atoms with E-state index in [1.807, 2.05) is 26.0 Å². The number of carbonyl (C=O) groups is 1. The lowest BCUT2D eigenvalue weighted by atomic mass is 10.2. The van der Waals surface area contributed by atoms with Gasteiger partial charge in [-0.2, -0.15) is 5.10 Å². The zero-order valence-electron chi connectivity index (χ0n) is 18.0. The maximum Gasteiger partial charge on any atom is 0.270 e. The van der Waals surface area contributed by atoms with Gasteiger partial charge >= 0.3 is 0 Å². The summed E-state index contributed by atoms with van der Waals surface area (Å²) in [6.45, 7) is 4.86. The third-order valence-electron chi connectivity index (χ3n) is 4.44. The van der Waals surface area contributed by atoms with Crippen molar-refractivity contribution in [2.75, 3.05) is 13.2 Å². The number of ether oxygens (including phenoxy) is 2. The first-order valence-electron chi connectivity index (χ1n) is 10.4. The Morgan fingerprint density at radius 2 is 2.06 bits per heavy atom. The standard InChI is InChI=1S/C23H25ClN4O4/c1-3-11-32-22-16(24)12-15(13-20(22)31-4-2)14-25-28-21(29)10-9-19-23(30)27-18-8-6-5-7-17(18)26-19/h5-8,12-14H,3-4,9-11H2,1-2H3,(H,27,30)(H,28,29)/b25-14-. The van der Waals surface area contributed by atoms with Crippen molar-refractivity contribution < 1.29 is 14.3 Å². The normalized spacial score (nSPS) is 11.1. The molecule has 32 heavy (non-hydrogen) atoms. The molecule has 0 aliphatic rings. The first-order chi connectivity index (χ1) is 15.5. The molecule has 2 N–H and O–H groups in total. The van der Waals surface area contributed by atoms with Crippen LogP contribution in [0.5, 0.6) is 11.5 Å². The Labute approximate surface area is 190 Å². The summed E-state index contributed by atoms with van der Waals surface area (Å²) in [7, 11) is 0. The minimum Gasteiger partial charge on any atom is -0.490 e. The van der Waals surface area contributed by atoms with E-state index in [4.69, 9.17) is 21.1 Å². The lowest BCUT2D eigenvalue weighted by molar-refractivity contribution is -0.121. The molecule has 168 valence electrons. The molecule has 0 aliphatic heterocycles. The molecule has 9 heteroatoms. The molecule has 0 fully saturated rings. The summed E-state index contributed by atoms with van der Waals surface area (Å²) < 4.78 is 11.3. The van der Waals surface area contributed by atoms with Crippen LogP contribution in [0.1, 0.15) is 37.9 Å². The number of nitrogens with zero attached hydrogens (tertiary/aromatic N) is 2. The minimum absolute atomic E-state index is 0.0699. The van der Waals surface area contributed by atoms with E-state index in [1.165, 1.54) is 6.21 Å². The van der Waals surface area contributed by atoms with Gasteiger partial charge in [-0.05, 0) is 43.2 Å². The summed E-state index contributed by atoms with van der Waals surface area (Å²) in [5, 5.41) is 4.38. The number of H-pyrrole nitrogens is 1. The van der Waals surface area contributed by atoms with E-state index in [0.717, 1.165) is 6.42 Å². The number of para-hydroxylation sites is 2. The fourth-order valence-corrected chi connectivity index (χ4v) is 3.25. The molecule has 3 rings (SSSR count). The Morgan fingerprint density at radius 3 is 2.84 bits per heavy atom. The van der Waals surface area contributed by atoms with Crippen LogP contribution in [0.2, 0.25) is 5.02 Å². The van der Waals surface area contributed by atoms with Crippen LogP contribution in [0, 0.1) is 0 Å². The number of nitrogens with one attached hydrogen (secondary N) is 2. The molecule has 0 atom stereocenters. The van der Waals surface area contributed by atoms with E-state index in [-0.39, 0.29) is 24.3 Å². The molecule has 3 aromatic rings. The summed E-state index contributed by atoms with van der Waals surface area (Å²) in [6.07, 6.45) is 2.58. The first kappa shape index (κ1) is 23.3. The highest BCUT2D eigenvalue weighted by Gasteiger charge is 2.12. The van der Waals surface area contributed by atoms with Crippen LogP contribution < -0.4 is 20.5 Å². The average Bonchev–Trinajstić information content (AvgIpc) is 2.77. The Hall–Kier alpha value is -3.39. The minimum atomic E-state index is -0.338. The van der Waals surface area contributed by atoms with Crippen molar-refractivity contribution in [1.82, 2.24) is 15.4 Å². The monoisotopic (exact) mass is 456 g/mol. The molecule has 0 aliphatic carbocycles. The third kappa shape index (κ3) is 6.07. The van der Waals surface area contributed by atoms with Gasteiger partial charge in [-0.15, -0.1) is 0 Å². The molecule has 1 aromatic heterocycles. The van der Waals surface area contributed by atoms with Crippen LogP contribution in [-0.2, 0) is 11.2 Å². The molecular weight excluding hydrogens is 432 g/mol. The second-order valence-corrected chi connectivity index (χ2v) is 7.34. The number of amides is 1. The molecule has 0 saturated heterocycles. The zero-order chi connectivity index (χ0) is 22.9. The number of hydrogen-bond acceptors (Lipinski definition) is 6. The lowest BCUT2D eigenvalue weighted by Gasteiger charge is -2.13. The SMILES string of the molecule is CCCOc1c(Cl)cc(/C=N\NC(=O)CCc2nc3ccccc3[nH]c2=O)cc1OCC. The number of halogens is 1. The van der Waals surface area contributed by atoms with E-state index in [9.17, 15) is 9.59 Å². The Morgan fingerprint density at radius 1 is 1.25 bits per heavy atom. The van der Waals surface area contributed by atoms with Crippen molar-refractivity contribution >= 4 is 34.8 Å². The topological polar surface area (TPSA) is 106 Å². The van der Waals surface area contributed by atoms with Gasteiger partial charge in [0.15, 0.2) is 11.5 Å². The lowest BCUT2D eigenvalue weighted by Crippen LogP contribution is -2.21. The Balaban J connectivity index is 1.61. The number of carbonyl (C=O) groups excluding carboxylic acids is 1. The number of benzene rings is 2. The van der Waals surface area contributed by atoms with Gasteiger partial charge in [0.2, 0.25) is 5.91 Å². The number of fused-ring (bicyclic) bond motifs is 1. The van der Waals surface area contributed by atoms with Crippen LogP contribution in [0.15, 0.2) is 46.3 Å². The molecule has 8 nitrogen and oxygen atoms in total. The fourth-order valence-electron chi connectivity index (χ4n) is 2.97. The van der Waals surface area contributed by atoms with Crippen LogP contribution in [0.4, 0.5) is 0 Å². The maximum absolute atomic E-state index is 12.2. The fraction of sp³-hybridized carbons (Fsp3) is 0.304. The molecule has 2 aromatic carbocycles. The van der Waals surface area contributed by atoms with Gasteiger partial charge in [0, 0.05) is 12.8 Å². The molecule has 1 heterocycles. The van der Waals surface area contributed by atoms with Gasteiger partial charge in [0.1, 0.15) is 5.69 Å². The summed E-state index contributed by atoms with van der Waals surface area (Å²) >= 11 is 6.33. The second kappa shape index (κ2) is 11.3. The summed E-state index contributed by atoms with van der Waals surface area (Å²) in [4.78, 5) is 31.4. The highest BCUT2D eigenvalue weighted by atomic mass is 35.5. The molecule has 1 amide bonds. The van der Waals surface area contributed by atoms with Gasteiger partial charge in [-0.1, -0.05) is 30.7 Å². The van der Waals surface area contributed by atoms with E-state index in [1.54, 1.807) is 24.3 Å². The van der Waals surface area contributed by atoms with Crippen molar-refractivity contribution in [3.8, 4) is 11.5 Å². The smallest absolute Gasteiger partial charge is 0.270 e. The van der Waals surface area contributed by atoms with Crippen molar-refractivity contribution in [2.45, 2.75) is 33.1 Å². The van der Waals surface area contributed by atoms with Gasteiger partial charge in [-0.3, -0.25) is 9.59 Å². The quantitative estimate of drug-likeness (QED) is 0.356. The molecule has 0 spiro atoms. The van der Waals surface area contributed by atoms with E-state index < -0.39 is 0 Å². The van der Waals surface area contributed by atoms with Crippen LogP contribution in [0.3, 0.4) is 0 Å². The Bertz CT molecular complexity index is 1180. The highest BCUT2D eigenvalue weighted by Crippen LogP contribution is 2.36. The largest absolute Gasteiger partial charge is 0.490 e. The number of aromatic amines is 1. The first-order valence-corrected chi connectivity index (χ1v) is 10.8. The molecular formula is C23H25ClN4O4. The molecule has 0 unspecified atom stereocenters. The number of rotatable bonds is 10. The van der Waals surface area contributed by atoms with Crippen LogP contribution in [0.25, 0.3) is 11.0 Å². The molecule has 0 saturated carbocycles. The van der Waals surface area contributed by atoms with Crippen molar-refractivity contribution in [2.24, 2.45) is 5.10 Å². The Kier molecular flexibility index (Phi) is 8.21.